The zero-order valence-electron chi connectivity index (χ0n) is 13.0. The molecular weight excluding hydrogens is 276 g/mol. The van der Waals surface area contributed by atoms with E-state index in [4.69, 9.17) is 23.7 Å². The molecular formula is C15H24O6. The zero-order valence-corrected chi connectivity index (χ0v) is 13.0. The second-order valence-corrected chi connectivity index (χ2v) is 5.99. The van der Waals surface area contributed by atoms with Gasteiger partial charge in [0.1, 0.15) is 12.2 Å². The van der Waals surface area contributed by atoms with Crippen LogP contribution in [0.3, 0.4) is 0 Å². The van der Waals surface area contributed by atoms with E-state index in [1.165, 1.54) is 6.92 Å². The van der Waals surface area contributed by atoms with Gasteiger partial charge in [-0.05, 0) is 6.42 Å². The molecule has 2 heterocycles. The first kappa shape index (κ1) is 16.4. The third kappa shape index (κ3) is 3.13. The number of methoxy groups -OCH3 is 1. The summed E-state index contributed by atoms with van der Waals surface area (Å²) in [5.74, 6) is -0.414. The monoisotopic (exact) mass is 300 g/mol. The van der Waals surface area contributed by atoms with Gasteiger partial charge in [-0.15, -0.1) is 6.58 Å². The highest BCUT2D eigenvalue weighted by molar-refractivity contribution is 5.66. The van der Waals surface area contributed by atoms with Crippen LogP contribution in [0.5, 0.6) is 0 Å². The average molecular weight is 300 g/mol. The van der Waals surface area contributed by atoms with Crippen molar-refractivity contribution < 1.29 is 28.5 Å². The Labute approximate surface area is 125 Å². The van der Waals surface area contributed by atoms with Gasteiger partial charge < -0.3 is 23.7 Å². The highest BCUT2D eigenvalue weighted by Crippen LogP contribution is 2.43. The summed E-state index contributed by atoms with van der Waals surface area (Å²) in [7, 11) is 1.65. The van der Waals surface area contributed by atoms with Crippen molar-refractivity contribution in [3.63, 3.8) is 0 Å². The minimum absolute atomic E-state index is 0.0462. The summed E-state index contributed by atoms with van der Waals surface area (Å²) < 4.78 is 28.0. The van der Waals surface area contributed by atoms with E-state index < -0.39 is 18.4 Å². The lowest BCUT2D eigenvalue weighted by molar-refractivity contribution is -0.360. The van der Waals surface area contributed by atoms with Gasteiger partial charge in [0.25, 0.3) is 0 Å². The molecule has 0 amide bonds. The van der Waals surface area contributed by atoms with Crippen molar-refractivity contribution in [2.45, 2.75) is 57.9 Å². The molecule has 0 saturated carbocycles. The molecule has 2 aliphatic rings. The van der Waals surface area contributed by atoms with Crippen molar-refractivity contribution in [2.75, 3.05) is 13.9 Å². The number of rotatable bonds is 4. The molecule has 0 aromatic rings. The molecule has 2 saturated heterocycles. The lowest BCUT2D eigenvalue weighted by Crippen LogP contribution is -2.65. The molecule has 2 fully saturated rings. The average Bonchev–Trinajstić information content (AvgIpc) is 2.40. The van der Waals surface area contributed by atoms with E-state index in [-0.39, 0.29) is 30.5 Å². The first-order valence-electron chi connectivity index (χ1n) is 7.11. The van der Waals surface area contributed by atoms with Crippen molar-refractivity contribution in [3.05, 3.63) is 12.7 Å². The largest absolute Gasteiger partial charge is 0.433 e. The van der Waals surface area contributed by atoms with E-state index in [9.17, 15) is 4.79 Å². The SMILES string of the molecule is C=CC[C@@H]1O[C@H]2C(OC(C)=O)OCO[C@H]2[C@H](OC)C1(C)C. The maximum atomic E-state index is 11.2. The summed E-state index contributed by atoms with van der Waals surface area (Å²) in [5, 5.41) is 0. The molecule has 21 heavy (non-hydrogen) atoms. The Kier molecular flexibility index (Phi) is 5.03. The second kappa shape index (κ2) is 6.44. The number of hydrogen-bond acceptors (Lipinski definition) is 6. The Hall–Kier alpha value is -0.950. The van der Waals surface area contributed by atoms with Crippen LogP contribution in [0.4, 0.5) is 0 Å². The van der Waals surface area contributed by atoms with Gasteiger partial charge in [-0.1, -0.05) is 19.9 Å². The molecule has 0 bridgehead atoms. The maximum absolute atomic E-state index is 11.2. The molecule has 2 rings (SSSR count). The van der Waals surface area contributed by atoms with Crippen LogP contribution in [-0.4, -0.2) is 50.6 Å². The van der Waals surface area contributed by atoms with Gasteiger partial charge in [0.2, 0.25) is 6.29 Å². The molecule has 0 aromatic carbocycles. The summed E-state index contributed by atoms with van der Waals surface area (Å²) in [5.41, 5.74) is -0.262. The fraction of sp³-hybridized carbons (Fsp3) is 0.800. The normalized spacial score (nSPS) is 38.4. The number of ether oxygens (including phenoxy) is 5. The second-order valence-electron chi connectivity index (χ2n) is 5.99. The molecule has 0 aliphatic carbocycles. The van der Waals surface area contributed by atoms with Crippen LogP contribution in [0.2, 0.25) is 0 Å². The van der Waals surface area contributed by atoms with Crippen molar-refractivity contribution in [2.24, 2.45) is 5.41 Å². The first-order chi connectivity index (χ1) is 9.91. The molecule has 0 radical (unpaired) electrons. The summed E-state index contributed by atoms with van der Waals surface area (Å²) in [6, 6.07) is 0. The predicted molar refractivity (Wildman–Crippen MR) is 74.4 cm³/mol. The van der Waals surface area contributed by atoms with Crippen LogP contribution < -0.4 is 0 Å². The van der Waals surface area contributed by atoms with Crippen LogP contribution in [-0.2, 0) is 28.5 Å². The van der Waals surface area contributed by atoms with E-state index in [0.717, 1.165) is 0 Å². The molecule has 2 aliphatic heterocycles. The van der Waals surface area contributed by atoms with Crippen LogP contribution >= 0.6 is 0 Å². The minimum Gasteiger partial charge on any atom is -0.433 e. The molecule has 0 spiro atoms. The number of carbonyl (C=O) groups excluding carboxylic acids is 1. The Bertz CT molecular complexity index is 394. The van der Waals surface area contributed by atoms with Crippen LogP contribution in [0.1, 0.15) is 27.2 Å². The van der Waals surface area contributed by atoms with Crippen molar-refractivity contribution >= 4 is 5.97 Å². The van der Waals surface area contributed by atoms with Crippen molar-refractivity contribution in [3.8, 4) is 0 Å². The predicted octanol–water partition coefficient (Wildman–Crippen LogP) is 1.63. The lowest BCUT2D eigenvalue weighted by Gasteiger charge is -2.53. The third-order valence-electron chi connectivity index (χ3n) is 4.18. The van der Waals surface area contributed by atoms with E-state index in [1.54, 1.807) is 7.11 Å². The van der Waals surface area contributed by atoms with Gasteiger partial charge in [-0.25, -0.2) is 0 Å². The topological polar surface area (TPSA) is 63.2 Å². The number of carbonyl (C=O) groups is 1. The zero-order chi connectivity index (χ0) is 15.6. The Morgan fingerprint density at radius 3 is 2.67 bits per heavy atom. The van der Waals surface area contributed by atoms with E-state index in [2.05, 4.69) is 20.4 Å². The van der Waals surface area contributed by atoms with Crippen LogP contribution in [0.25, 0.3) is 0 Å². The van der Waals surface area contributed by atoms with Crippen LogP contribution in [0.15, 0.2) is 12.7 Å². The van der Waals surface area contributed by atoms with Gasteiger partial charge in [-0.2, -0.15) is 0 Å². The molecule has 6 nitrogen and oxygen atoms in total. The van der Waals surface area contributed by atoms with Crippen LogP contribution in [0, 0.1) is 5.41 Å². The first-order valence-corrected chi connectivity index (χ1v) is 7.11. The highest BCUT2D eigenvalue weighted by atomic mass is 16.8. The van der Waals surface area contributed by atoms with Gasteiger partial charge in [-0.3, -0.25) is 4.79 Å². The number of hydrogen-bond donors (Lipinski definition) is 0. The molecule has 5 atom stereocenters. The smallest absolute Gasteiger partial charge is 0.305 e. The van der Waals surface area contributed by atoms with E-state index in [0.29, 0.717) is 6.42 Å². The summed E-state index contributed by atoms with van der Waals surface area (Å²) in [4.78, 5) is 11.2. The minimum atomic E-state index is -0.776. The van der Waals surface area contributed by atoms with Crippen molar-refractivity contribution in [1.82, 2.24) is 0 Å². The quantitative estimate of drug-likeness (QED) is 0.581. The van der Waals surface area contributed by atoms with Crippen molar-refractivity contribution in [1.29, 1.82) is 0 Å². The van der Waals surface area contributed by atoms with Gasteiger partial charge >= 0.3 is 5.97 Å². The summed E-state index contributed by atoms with van der Waals surface area (Å²) in [6.07, 6.45) is 0.540. The molecule has 120 valence electrons. The number of fused-ring (bicyclic) bond motifs is 1. The standard InChI is InChI=1S/C15H24O6/c1-6-7-10-15(3,4)13(17-5)11-12(21-10)14(19-8-18-11)20-9(2)16/h6,10-14H,1,7-8H2,2-5H3/t10-,11+,12+,13-,14?/m0/s1. The fourth-order valence-electron chi connectivity index (χ4n) is 3.12. The molecule has 6 heteroatoms. The van der Waals surface area contributed by atoms with Gasteiger partial charge in [0.15, 0.2) is 6.79 Å². The Balaban J connectivity index is 2.26. The fourth-order valence-corrected chi connectivity index (χ4v) is 3.12. The van der Waals surface area contributed by atoms with E-state index in [1.807, 2.05) is 6.08 Å². The molecule has 0 N–H and O–H groups in total. The Morgan fingerprint density at radius 2 is 2.10 bits per heavy atom. The van der Waals surface area contributed by atoms with Gasteiger partial charge in [0, 0.05) is 19.4 Å². The summed E-state index contributed by atoms with van der Waals surface area (Å²) in [6.45, 7) is 9.31. The molecule has 1 unspecified atom stereocenters. The van der Waals surface area contributed by atoms with Gasteiger partial charge in [0.05, 0.1) is 12.2 Å². The van der Waals surface area contributed by atoms with E-state index >= 15 is 0 Å². The Morgan fingerprint density at radius 1 is 1.38 bits per heavy atom. The highest BCUT2D eigenvalue weighted by Gasteiger charge is 2.56. The third-order valence-corrected chi connectivity index (χ3v) is 4.18. The maximum Gasteiger partial charge on any atom is 0.305 e. The number of esters is 1. The summed E-state index contributed by atoms with van der Waals surface area (Å²) >= 11 is 0. The lowest BCUT2D eigenvalue weighted by atomic mass is 9.73. The molecule has 0 aromatic heterocycles.